The van der Waals surface area contributed by atoms with E-state index in [0.717, 1.165) is 63.4 Å². The lowest BCUT2D eigenvalue weighted by Gasteiger charge is -2.18. The van der Waals surface area contributed by atoms with Crippen LogP contribution in [-0.2, 0) is 27.3 Å². The first-order valence-electron chi connectivity index (χ1n) is 14.1. The second-order valence-electron chi connectivity index (χ2n) is 10.2. The maximum atomic E-state index is 13.3. The number of rotatable bonds is 15. The number of unbranched alkanes of at least 4 members (excludes halogenated alkanes) is 2. The lowest BCUT2D eigenvalue weighted by Crippen LogP contribution is -2.47. The molecule has 4 rings (SSSR count). The van der Waals surface area contributed by atoms with Gasteiger partial charge in [-0.15, -0.1) is 11.3 Å². The molecule has 0 radical (unpaired) electrons. The number of hydrogen-bond donors (Lipinski definition) is 3. The van der Waals surface area contributed by atoms with Gasteiger partial charge in [0.05, 0.1) is 25.8 Å². The van der Waals surface area contributed by atoms with E-state index >= 15 is 0 Å². The highest BCUT2D eigenvalue weighted by Gasteiger charge is 2.22. The normalized spacial score (nSPS) is 11.8. The third-order valence-electron chi connectivity index (χ3n) is 7.17. The summed E-state index contributed by atoms with van der Waals surface area (Å²) >= 11 is 1.53. The van der Waals surface area contributed by atoms with Crippen LogP contribution in [0.15, 0.2) is 53.9 Å². The van der Waals surface area contributed by atoms with Crippen LogP contribution in [0.1, 0.15) is 62.4 Å². The van der Waals surface area contributed by atoms with Gasteiger partial charge in [-0.25, -0.2) is 4.98 Å². The topological polar surface area (TPSA) is 113 Å². The van der Waals surface area contributed by atoms with E-state index in [9.17, 15) is 14.4 Å². The molecule has 0 unspecified atom stereocenters. The molecule has 2 heterocycles. The van der Waals surface area contributed by atoms with Crippen molar-refractivity contribution in [2.45, 2.75) is 71.4 Å². The van der Waals surface area contributed by atoms with Crippen LogP contribution in [0.5, 0.6) is 5.75 Å². The molecule has 3 N–H and O–H groups in total. The van der Waals surface area contributed by atoms with Crippen molar-refractivity contribution < 1.29 is 19.1 Å². The third-order valence-corrected chi connectivity index (χ3v) is 8.11. The van der Waals surface area contributed by atoms with Gasteiger partial charge in [-0.05, 0) is 43.5 Å². The van der Waals surface area contributed by atoms with Crippen molar-refractivity contribution in [3.8, 4) is 16.3 Å². The summed E-state index contributed by atoms with van der Waals surface area (Å²) in [5.41, 5.74) is 4.52. The number of hydrogen-bond acceptors (Lipinski definition) is 6. The Labute approximate surface area is 244 Å². The molecule has 0 saturated heterocycles. The number of Topliss-reactive ketones (excluding diaryl/α,β-unsaturated/α-hetero) is 1. The molecule has 4 aromatic rings. The van der Waals surface area contributed by atoms with Crippen molar-refractivity contribution in [2.24, 2.45) is 0 Å². The van der Waals surface area contributed by atoms with E-state index in [1.165, 1.54) is 11.3 Å². The highest BCUT2D eigenvalue weighted by Crippen LogP contribution is 2.27. The maximum Gasteiger partial charge on any atom is 0.242 e. The summed E-state index contributed by atoms with van der Waals surface area (Å²) in [6, 6.07) is 15.0. The van der Waals surface area contributed by atoms with Crippen LogP contribution < -0.4 is 15.4 Å². The Morgan fingerprint density at radius 1 is 1.07 bits per heavy atom. The van der Waals surface area contributed by atoms with E-state index in [2.05, 4.69) is 20.6 Å². The Morgan fingerprint density at radius 2 is 1.88 bits per heavy atom. The zero-order valence-electron chi connectivity index (χ0n) is 23.9. The van der Waals surface area contributed by atoms with Crippen LogP contribution >= 0.6 is 11.3 Å². The van der Waals surface area contributed by atoms with Crippen LogP contribution in [0.4, 0.5) is 0 Å². The molecule has 0 spiro atoms. The summed E-state index contributed by atoms with van der Waals surface area (Å²) in [6.45, 7) is 4.09. The largest absolute Gasteiger partial charge is 0.497 e. The van der Waals surface area contributed by atoms with Gasteiger partial charge in [0.25, 0.3) is 0 Å². The number of amides is 2. The Morgan fingerprint density at radius 3 is 2.63 bits per heavy atom. The summed E-state index contributed by atoms with van der Waals surface area (Å²) in [6.07, 6.45) is 4.06. The molecule has 1 atom stereocenters. The fourth-order valence-electron chi connectivity index (χ4n) is 4.82. The minimum atomic E-state index is -0.684. The first-order valence-corrected chi connectivity index (χ1v) is 15.0. The van der Waals surface area contributed by atoms with E-state index < -0.39 is 6.04 Å². The number of ketones is 1. The molecule has 0 aliphatic heterocycles. The Hall–Kier alpha value is -3.98. The second kappa shape index (κ2) is 14.6. The molecular weight excluding hydrogens is 536 g/mol. The SMILES string of the molecule is CCC(=O)CCCCC[C@H](NC(=O)Cc1c(C)[nH]c2ccc(OC)cc12)C(=O)NCc1csc(-c2ccccc2)n1. The van der Waals surface area contributed by atoms with Crippen LogP contribution in [0.2, 0.25) is 0 Å². The number of aromatic amines is 1. The van der Waals surface area contributed by atoms with Gasteiger partial charge in [0.2, 0.25) is 11.8 Å². The van der Waals surface area contributed by atoms with Gasteiger partial charge >= 0.3 is 0 Å². The molecule has 8 nitrogen and oxygen atoms in total. The number of thiazole rings is 1. The number of nitrogens with one attached hydrogen (secondary N) is 3. The Bertz CT molecular complexity index is 1480. The van der Waals surface area contributed by atoms with E-state index in [1.54, 1.807) is 7.11 Å². The molecular formula is C32H38N4O4S. The number of H-pyrrole nitrogens is 1. The number of methoxy groups -OCH3 is 1. The van der Waals surface area contributed by atoms with Gasteiger partial charge in [0, 0.05) is 40.4 Å². The fraction of sp³-hybridized carbons (Fsp3) is 0.375. The van der Waals surface area contributed by atoms with Crippen molar-refractivity contribution in [1.82, 2.24) is 20.6 Å². The lowest BCUT2D eigenvalue weighted by molar-refractivity contribution is -0.129. The van der Waals surface area contributed by atoms with Gasteiger partial charge in [-0.2, -0.15) is 0 Å². The average molecular weight is 575 g/mol. The molecule has 0 aliphatic rings. The van der Waals surface area contributed by atoms with Gasteiger partial charge in [0.15, 0.2) is 0 Å². The van der Waals surface area contributed by atoms with Gasteiger partial charge < -0.3 is 20.4 Å². The van der Waals surface area contributed by atoms with Crippen LogP contribution in [0, 0.1) is 6.92 Å². The predicted octanol–water partition coefficient (Wildman–Crippen LogP) is 5.88. The Balaban J connectivity index is 1.40. The summed E-state index contributed by atoms with van der Waals surface area (Å²) < 4.78 is 5.37. The summed E-state index contributed by atoms with van der Waals surface area (Å²) in [5, 5.41) is 9.70. The average Bonchev–Trinajstić information content (AvgIpc) is 3.59. The quantitative estimate of drug-likeness (QED) is 0.153. The zero-order chi connectivity index (χ0) is 29.2. The van der Waals surface area contributed by atoms with Gasteiger partial charge in [-0.1, -0.05) is 50.1 Å². The number of carbonyl (C=O) groups is 3. The van der Waals surface area contributed by atoms with Gasteiger partial charge in [-0.3, -0.25) is 14.4 Å². The predicted molar refractivity (Wildman–Crippen MR) is 163 cm³/mol. The van der Waals surface area contributed by atoms with Crippen molar-refractivity contribution >= 4 is 39.8 Å². The van der Waals surface area contributed by atoms with E-state index in [-0.39, 0.29) is 30.6 Å². The fourth-order valence-corrected chi connectivity index (χ4v) is 5.64. The number of benzene rings is 2. The van der Waals surface area contributed by atoms with Crippen LogP contribution in [0.25, 0.3) is 21.5 Å². The first-order chi connectivity index (χ1) is 19.9. The number of aryl methyl sites for hydroxylation is 1. The molecule has 9 heteroatoms. The number of ether oxygens (including phenoxy) is 1. The summed E-state index contributed by atoms with van der Waals surface area (Å²) in [7, 11) is 1.61. The molecule has 2 aromatic heterocycles. The third kappa shape index (κ3) is 8.27. The molecule has 0 fully saturated rings. The standard InChI is InChI=1S/C32H38N4O4S/c1-4-24(37)13-9-6-10-14-29(31(39)33-19-23-20-41-32(35-23)22-11-7-5-8-12-22)36-30(38)18-26-21(2)34-28-16-15-25(40-3)17-27(26)28/h5,7-8,11-12,15-17,20,29,34H,4,6,9-10,13-14,18-19H2,1-3H3,(H,33,39)(H,36,38)/t29-/m0/s1. The van der Waals surface area contributed by atoms with E-state index in [1.807, 2.05) is 67.8 Å². The molecule has 41 heavy (non-hydrogen) atoms. The minimum Gasteiger partial charge on any atom is -0.497 e. The van der Waals surface area contributed by atoms with Crippen molar-refractivity contribution in [3.05, 3.63) is 70.9 Å². The van der Waals surface area contributed by atoms with Crippen molar-refractivity contribution in [2.75, 3.05) is 7.11 Å². The number of fused-ring (bicyclic) bond motifs is 1. The summed E-state index contributed by atoms with van der Waals surface area (Å²) in [5.74, 6) is 0.499. The monoisotopic (exact) mass is 574 g/mol. The van der Waals surface area contributed by atoms with Crippen molar-refractivity contribution in [1.29, 1.82) is 0 Å². The molecule has 2 aromatic carbocycles. The van der Waals surface area contributed by atoms with E-state index in [0.29, 0.717) is 19.3 Å². The summed E-state index contributed by atoms with van der Waals surface area (Å²) in [4.78, 5) is 46.2. The molecule has 2 amide bonds. The molecule has 0 bridgehead atoms. The number of aromatic nitrogens is 2. The number of carbonyl (C=O) groups excluding carboxylic acids is 3. The second-order valence-corrected chi connectivity index (χ2v) is 11.0. The van der Waals surface area contributed by atoms with Crippen molar-refractivity contribution in [3.63, 3.8) is 0 Å². The minimum absolute atomic E-state index is 0.139. The highest BCUT2D eigenvalue weighted by atomic mass is 32.1. The van der Waals surface area contributed by atoms with Crippen LogP contribution in [0.3, 0.4) is 0 Å². The van der Waals surface area contributed by atoms with Crippen LogP contribution in [-0.4, -0.2) is 40.7 Å². The number of nitrogens with zero attached hydrogens (tertiary/aromatic N) is 1. The molecule has 0 aliphatic carbocycles. The molecule has 216 valence electrons. The first kappa shape index (κ1) is 30.0. The lowest BCUT2D eigenvalue weighted by atomic mass is 10.0. The smallest absolute Gasteiger partial charge is 0.242 e. The zero-order valence-corrected chi connectivity index (χ0v) is 24.7. The van der Waals surface area contributed by atoms with E-state index in [4.69, 9.17) is 4.74 Å². The Kier molecular flexibility index (Phi) is 10.7. The van der Waals surface area contributed by atoms with Gasteiger partial charge in [0.1, 0.15) is 22.6 Å². The maximum absolute atomic E-state index is 13.3. The highest BCUT2D eigenvalue weighted by molar-refractivity contribution is 7.13. The molecule has 0 saturated carbocycles.